The van der Waals surface area contributed by atoms with Gasteiger partial charge in [0.1, 0.15) is 0 Å². The summed E-state index contributed by atoms with van der Waals surface area (Å²) in [7, 11) is 1.33. The van der Waals surface area contributed by atoms with Crippen LogP contribution < -0.4 is 10.6 Å². The van der Waals surface area contributed by atoms with Gasteiger partial charge in [-0.25, -0.2) is 9.48 Å². The van der Waals surface area contributed by atoms with E-state index >= 15 is 0 Å². The highest BCUT2D eigenvalue weighted by molar-refractivity contribution is 5.95. The van der Waals surface area contributed by atoms with Gasteiger partial charge in [-0.15, -0.1) is 0 Å². The molecule has 0 aromatic carbocycles. The first-order chi connectivity index (χ1) is 15.6. The lowest BCUT2D eigenvalue weighted by molar-refractivity contribution is -0.0969. The van der Waals surface area contributed by atoms with Gasteiger partial charge >= 0.3 is 6.09 Å². The molecule has 1 aromatic rings. The maximum Gasteiger partial charge on any atom is 0.407 e. The standard InChI is InChI=1S/C25H38N4O4/c1-15(2)21-19(13-26-29(21)7-6-24(3,4)28-23(32)33-5)22(31)27-20-17-8-16-9-18(20)12-25(10-16,11-17)14-30/h6-7,13,15-18,20,30H,8-12,14H2,1-5H3,(H,27,31)(H,28,32)/b7-6+/t16?,17?,18?,20-,25+. The third-order valence-electron chi connectivity index (χ3n) is 7.90. The number of alkyl carbamates (subject to hydrolysis) is 1. The summed E-state index contributed by atoms with van der Waals surface area (Å²) in [6, 6.07) is 0.177. The molecular formula is C25H38N4O4. The zero-order valence-corrected chi connectivity index (χ0v) is 20.4. The van der Waals surface area contributed by atoms with Gasteiger partial charge in [0.05, 0.1) is 30.1 Å². The SMILES string of the molecule is COC(=O)NC(C)(C)/C=C/n1ncc(C(=O)N[C@H]2C3CC4CC2C[C@@](CO)(C4)C3)c1C(C)C. The number of hydrogen-bond donors (Lipinski definition) is 3. The van der Waals surface area contributed by atoms with E-state index in [0.717, 1.165) is 37.8 Å². The van der Waals surface area contributed by atoms with Crippen LogP contribution >= 0.6 is 0 Å². The minimum absolute atomic E-state index is 0.0687. The molecule has 8 nitrogen and oxygen atoms in total. The number of amides is 2. The van der Waals surface area contributed by atoms with Gasteiger partial charge in [-0.05, 0) is 81.1 Å². The van der Waals surface area contributed by atoms with Crippen LogP contribution in [-0.4, -0.2) is 52.2 Å². The second kappa shape index (κ2) is 8.78. The molecule has 0 aliphatic heterocycles. The molecule has 2 amide bonds. The number of nitrogens with one attached hydrogen (secondary N) is 2. The third kappa shape index (κ3) is 4.67. The monoisotopic (exact) mass is 458 g/mol. The summed E-state index contributed by atoms with van der Waals surface area (Å²) in [6.45, 7) is 8.08. The average Bonchev–Trinajstić information content (AvgIpc) is 3.18. The van der Waals surface area contributed by atoms with E-state index in [4.69, 9.17) is 0 Å². The number of nitrogens with zero attached hydrogens (tertiary/aromatic N) is 2. The number of aliphatic hydroxyl groups is 1. The Labute approximate surface area is 196 Å². The number of aromatic nitrogens is 2. The van der Waals surface area contributed by atoms with Crippen molar-refractivity contribution in [3.8, 4) is 0 Å². The Balaban J connectivity index is 1.50. The maximum atomic E-state index is 13.4. The summed E-state index contributed by atoms with van der Waals surface area (Å²) in [4.78, 5) is 25.0. The van der Waals surface area contributed by atoms with Crippen LogP contribution in [0.3, 0.4) is 0 Å². The minimum atomic E-state index is -0.640. The van der Waals surface area contributed by atoms with Crippen LogP contribution in [0.4, 0.5) is 4.79 Å². The van der Waals surface area contributed by atoms with E-state index in [9.17, 15) is 14.7 Å². The van der Waals surface area contributed by atoms with Crippen LogP contribution in [-0.2, 0) is 4.74 Å². The highest BCUT2D eigenvalue weighted by atomic mass is 16.5. The summed E-state index contributed by atoms with van der Waals surface area (Å²) < 4.78 is 6.41. The average molecular weight is 459 g/mol. The van der Waals surface area contributed by atoms with Gasteiger partial charge in [-0.2, -0.15) is 5.10 Å². The molecule has 0 spiro atoms. The number of ether oxygens (including phenoxy) is 1. The quantitative estimate of drug-likeness (QED) is 0.580. The predicted octanol–water partition coefficient (Wildman–Crippen LogP) is 3.53. The van der Waals surface area contributed by atoms with Crippen molar-refractivity contribution in [1.82, 2.24) is 20.4 Å². The summed E-state index contributed by atoms with van der Waals surface area (Å²) >= 11 is 0. The lowest BCUT2D eigenvalue weighted by atomic mass is 9.48. The summed E-state index contributed by atoms with van der Waals surface area (Å²) in [5, 5.41) is 20.6. The zero-order valence-electron chi connectivity index (χ0n) is 20.4. The molecule has 4 aliphatic rings. The van der Waals surface area contributed by atoms with Crippen molar-refractivity contribution in [3.05, 3.63) is 23.5 Å². The van der Waals surface area contributed by atoms with E-state index in [1.165, 1.54) is 7.11 Å². The Bertz CT molecular complexity index is 919. The molecule has 8 heteroatoms. The Morgan fingerprint density at radius 3 is 2.55 bits per heavy atom. The number of rotatable bonds is 7. The van der Waals surface area contributed by atoms with E-state index in [1.807, 2.05) is 33.8 Å². The van der Waals surface area contributed by atoms with Gasteiger partial charge in [-0.1, -0.05) is 13.8 Å². The van der Waals surface area contributed by atoms with E-state index in [1.54, 1.807) is 17.1 Å². The number of methoxy groups -OCH3 is 1. The van der Waals surface area contributed by atoms with Gasteiger partial charge in [0.2, 0.25) is 0 Å². The molecule has 1 aromatic heterocycles. The van der Waals surface area contributed by atoms with Crippen LogP contribution in [0.25, 0.3) is 6.20 Å². The fourth-order valence-corrected chi connectivity index (χ4v) is 6.70. The van der Waals surface area contributed by atoms with Gasteiger partial charge in [0, 0.05) is 18.8 Å². The van der Waals surface area contributed by atoms with Gasteiger partial charge < -0.3 is 20.5 Å². The molecule has 2 atom stereocenters. The van der Waals surface area contributed by atoms with Crippen molar-refractivity contribution in [2.45, 2.75) is 77.3 Å². The van der Waals surface area contributed by atoms with E-state index in [0.29, 0.717) is 23.3 Å². The fraction of sp³-hybridized carbons (Fsp3) is 0.720. The highest BCUT2D eigenvalue weighted by Crippen LogP contribution is 2.59. The maximum absolute atomic E-state index is 13.4. The first-order valence-electron chi connectivity index (χ1n) is 12.1. The molecule has 182 valence electrons. The van der Waals surface area contributed by atoms with Crippen molar-refractivity contribution < 1.29 is 19.4 Å². The number of hydrogen-bond acceptors (Lipinski definition) is 5. The smallest absolute Gasteiger partial charge is 0.407 e. The second-order valence-corrected chi connectivity index (χ2v) is 11.3. The molecule has 4 fully saturated rings. The van der Waals surface area contributed by atoms with Crippen molar-refractivity contribution >= 4 is 18.2 Å². The largest absolute Gasteiger partial charge is 0.453 e. The lowest BCUT2D eigenvalue weighted by Crippen LogP contribution is -2.60. The minimum Gasteiger partial charge on any atom is -0.453 e. The molecule has 33 heavy (non-hydrogen) atoms. The van der Waals surface area contributed by atoms with Gasteiger partial charge in [-0.3, -0.25) is 4.79 Å². The van der Waals surface area contributed by atoms with Crippen LogP contribution in [0.1, 0.15) is 81.8 Å². The fourth-order valence-electron chi connectivity index (χ4n) is 6.70. The van der Waals surface area contributed by atoms with Gasteiger partial charge in [0.15, 0.2) is 0 Å². The number of carbonyl (C=O) groups excluding carboxylic acids is 2. The summed E-state index contributed by atoms with van der Waals surface area (Å²) in [5.74, 6) is 1.63. The Morgan fingerprint density at radius 1 is 1.30 bits per heavy atom. The van der Waals surface area contributed by atoms with Crippen LogP contribution in [0.2, 0.25) is 0 Å². The molecule has 5 rings (SSSR count). The zero-order chi connectivity index (χ0) is 24.0. The lowest BCUT2D eigenvalue weighted by Gasteiger charge is -2.59. The van der Waals surface area contributed by atoms with Gasteiger partial charge in [0.25, 0.3) is 5.91 Å². The number of aliphatic hydroxyl groups excluding tert-OH is 1. The summed E-state index contributed by atoms with van der Waals surface area (Å²) in [6.07, 6.45) is 10.2. The van der Waals surface area contributed by atoms with Crippen LogP contribution in [0.5, 0.6) is 0 Å². The number of carbonyl (C=O) groups is 2. The molecule has 4 saturated carbocycles. The summed E-state index contributed by atoms with van der Waals surface area (Å²) in [5.41, 5.74) is 0.882. The molecular weight excluding hydrogens is 420 g/mol. The van der Waals surface area contributed by atoms with E-state index < -0.39 is 11.6 Å². The van der Waals surface area contributed by atoms with Crippen molar-refractivity contribution in [3.63, 3.8) is 0 Å². The molecule has 0 saturated heterocycles. The molecule has 2 unspecified atom stereocenters. The molecule has 0 radical (unpaired) electrons. The normalized spacial score (nSPS) is 30.8. The predicted molar refractivity (Wildman–Crippen MR) is 126 cm³/mol. The van der Waals surface area contributed by atoms with Crippen molar-refractivity contribution in [2.75, 3.05) is 13.7 Å². The molecule has 3 N–H and O–H groups in total. The first kappa shape index (κ1) is 23.8. The third-order valence-corrected chi connectivity index (χ3v) is 7.90. The molecule has 4 aliphatic carbocycles. The van der Waals surface area contributed by atoms with E-state index in [-0.39, 0.29) is 29.9 Å². The molecule has 1 heterocycles. The van der Waals surface area contributed by atoms with Crippen LogP contribution in [0, 0.1) is 23.2 Å². The first-order valence-corrected chi connectivity index (χ1v) is 12.1. The molecule has 4 bridgehead atoms. The van der Waals surface area contributed by atoms with Crippen molar-refractivity contribution in [1.29, 1.82) is 0 Å². The Hall–Kier alpha value is -2.35. The second-order valence-electron chi connectivity index (χ2n) is 11.3. The topological polar surface area (TPSA) is 105 Å². The highest BCUT2D eigenvalue weighted by Gasteiger charge is 2.55. The Morgan fingerprint density at radius 2 is 1.97 bits per heavy atom. The van der Waals surface area contributed by atoms with Crippen LogP contribution in [0.15, 0.2) is 12.3 Å². The van der Waals surface area contributed by atoms with Crippen molar-refractivity contribution in [2.24, 2.45) is 23.2 Å². The Kier molecular flexibility index (Phi) is 6.33. The van der Waals surface area contributed by atoms with E-state index in [2.05, 4.69) is 20.5 Å².